The zero-order valence-corrected chi connectivity index (χ0v) is 23.8. The molecule has 2 N–H and O–H groups in total. The van der Waals surface area contributed by atoms with E-state index in [4.69, 9.17) is 9.57 Å². The van der Waals surface area contributed by atoms with Gasteiger partial charge in [-0.15, -0.1) is 5.17 Å². The van der Waals surface area contributed by atoms with Crippen LogP contribution in [0.15, 0.2) is 79.3 Å². The average Bonchev–Trinajstić information content (AvgIpc) is 3.77. The quantitative estimate of drug-likeness (QED) is 0.220. The number of hydroxylamine groups is 1. The number of fused-ring (bicyclic) bond motifs is 1. The van der Waals surface area contributed by atoms with Crippen molar-refractivity contribution in [3.8, 4) is 16.9 Å². The van der Waals surface area contributed by atoms with Crippen LogP contribution in [-0.2, 0) is 25.1 Å². The van der Waals surface area contributed by atoms with Crippen molar-refractivity contribution in [2.24, 2.45) is 7.05 Å². The normalized spacial score (nSPS) is 13.5. The van der Waals surface area contributed by atoms with Gasteiger partial charge in [-0.1, -0.05) is 30.3 Å². The lowest BCUT2D eigenvalue weighted by atomic mass is 10.0. The van der Waals surface area contributed by atoms with Gasteiger partial charge in [0.1, 0.15) is 12.4 Å². The molecule has 2 aromatic carbocycles. The molecule has 11 heteroatoms. The van der Waals surface area contributed by atoms with Gasteiger partial charge in [-0.3, -0.25) is 19.1 Å². The summed E-state index contributed by atoms with van der Waals surface area (Å²) in [6.45, 7) is 3.48. The van der Waals surface area contributed by atoms with E-state index in [-0.39, 0.29) is 29.2 Å². The lowest BCUT2D eigenvalue weighted by Crippen LogP contribution is -2.30. The summed E-state index contributed by atoms with van der Waals surface area (Å²) >= 11 is 0. The first-order chi connectivity index (χ1) is 20.9. The maximum Gasteiger partial charge on any atom is 0.257 e. The first-order valence-electron chi connectivity index (χ1n) is 14.0. The average molecular weight is 583 g/mol. The molecule has 1 fully saturated rings. The van der Waals surface area contributed by atoms with Crippen molar-refractivity contribution < 1.29 is 23.6 Å². The summed E-state index contributed by atoms with van der Waals surface area (Å²) in [4.78, 5) is 32.0. The monoisotopic (exact) mass is 582 g/mol. The number of nitrogens with one attached hydrogen (secondary N) is 2. The number of ether oxygens (including phenoxy) is 1. The molecule has 6 rings (SSSR count). The van der Waals surface area contributed by atoms with Crippen molar-refractivity contribution in [1.82, 2.24) is 24.8 Å². The third-order valence-electron chi connectivity index (χ3n) is 7.21. The molecule has 0 spiro atoms. The fourth-order valence-corrected chi connectivity index (χ4v) is 5.05. The van der Waals surface area contributed by atoms with Gasteiger partial charge in [0, 0.05) is 56.6 Å². The Balaban J connectivity index is 1.32. The molecule has 3 aromatic heterocycles. The molecule has 1 aliphatic rings. The van der Waals surface area contributed by atoms with Crippen LogP contribution in [0.1, 0.15) is 45.3 Å². The topological polar surface area (TPSA) is 102 Å². The number of carbonyl (C=O) groups is 2. The number of aryl methyl sites for hydroxylation is 1. The summed E-state index contributed by atoms with van der Waals surface area (Å²) in [5, 5.41) is 8.57. The molecule has 10 nitrogen and oxygen atoms in total. The fraction of sp³-hybridized carbons (Fsp3) is 0.219. The van der Waals surface area contributed by atoms with E-state index in [9.17, 15) is 9.59 Å². The van der Waals surface area contributed by atoms with Crippen molar-refractivity contribution in [3.63, 3.8) is 0 Å². The van der Waals surface area contributed by atoms with Crippen molar-refractivity contribution in [3.05, 3.63) is 107 Å². The Bertz CT molecular complexity index is 1790. The van der Waals surface area contributed by atoms with E-state index < -0.39 is 11.7 Å². The predicted octanol–water partition coefficient (Wildman–Crippen LogP) is 5.15. The Morgan fingerprint density at radius 1 is 1.07 bits per heavy atom. The first-order valence-corrected chi connectivity index (χ1v) is 14.0. The second-order valence-corrected chi connectivity index (χ2v) is 10.4. The van der Waals surface area contributed by atoms with Gasteiger partial charge in [0.15, 0.2) is 11.6 Å². The first kappa shape index (κ1) is 28.3. The number of ketones is 1. The second-order valence-electron chi connectivity index (χ2n) is 10.4. The standard InChI is InChI=1S/C32H31FN6O4/c1-21(40)29-16-27(30-15-25(9-12-38(29)30)42-19-22-7-4-3-5-8-22)32(41)36-28-14-23(20-43-39-11-6-10-34-39)13-26(31(28)33)24-17-35-37(2)18-24/h3-5,7-9,12-18,34H,6,10-11,19-20H2,1-2H3,(H,36,41). The summed E-state index contributed by atoms with van der Waals surface area (Å²) in [7, 11) is 1.75. The number of nitrogens with zero attached hydrogens (tertiary/aromatic N) is 4. The Morgan fingerprint density at radius 2 is 1.91 bits per heavy atom. The summed E-state index contributed by atoms with van der Waals surface area (Å²) in [6.07, 6.45) is 5.91. The van der Waals surface area contributed by atoms with E-state index in [1.165, 1.54) is 13.0 Å². The molecule has 5 aromatic rings. The van der Waals surface area contributed by atoms with E-state index in [1.54, 1.807) is 64.2 Å². The smallest absolute Gasteiger partial charge is 0.257 e. The van der Waals surface area contributed by atoms with Crippen LogP contribution < -0.4 is 15.5 Å². The number of benzene rings is 2. The molecule has 0 radical (unpaired) electrons. The number of hydrogen-bond donors (Lipinski definition) is 2. The van der Waals surface area contributed by atoms with Crippen molar-refractivity contribution in [1.29, 1.82) is 0 Å². The minimum atomic E-state index is -0.605. The number of anilines is 1. The maximum absolute atomic E-state index is 15.9. The highest BCUT2D eigenvalue weighted by molar-refractivity contribution is 6.11. The predicted molar refractivity (Wildman–Crippen MR) is 159 cm³/mol. The van der Waals surface area contributed by atoms with Crippen LogP contribution in [0.3, 0.4) is 0 Å². The molecular weight excluding hydrogens is 551 g/mol. The van der Waals surface area contributed by atoms with Gasteiger partial charge in [0.25, 0.3) is 5.91 Å². The van der Waals surface area contributed by atoms with Gasteiger partial charge >= 0.3 is 0 Å². The molecule has 220 valence electrons. The van der Waals surface area contributed by atoms with Crippen molar-refractivity contribution >= 4 is 22.9 Å². The van der Waals surface area contributed by atoms with Gasteiger partial charge in [0.2, 0.25) is 0 Å². The zero-order valence-electron chi connectivity index (χ0n) is 23.8. The second kappa shape index (κ2) is 12.2. The van der Waals surface area contributed by atoms with E-state index in [0.717, 1.165) is 25.1 Å². The molecule has 43 heavy (non-hydrogen) atoms. The number of Topliss-reactive ketones (excluding diaryl/α,β-unsaturated/α-hetero) is 1. The summed E-state index contributed by atoms with van der Waals surface area (Å²) in [5.41, 5.74) is 6.59. The van der Waals surface area contributed by atoms with E-state index in [1.807, 2.05) is 30.3 Å². The van der Waals surface area contributed by atoms with Crippen molar-refractivity contribution in [2.75, 3.05) is 18.4 Å². The van der Waals surface area contributed by atoms with Crippen LogP contribution >= 0.6 is 0 Å². The molecule has 0 unspecified atom stereocenters. The molecule has 0 aliphatic carbocycles. The third-order valence-corrected chi connectivity index (χ3v) is 7.21. The van der Waals surface area contributed by atoms with Gasteiger partial charge < -0.3 is 14.5 Å². The highest BCUT2D eigenvalue weighted by Crippen LogP contribution is 2.31. The Morgan fingerprint density at radius 3 is 2.63 bits per heavy atom. The minimum absolute atomic E-state index is 0.0143. The van der Waals surface area contributed by atoms with Crippen LogP contribution in [0.4, 0.5) is 10.1 Å². The van der Waals surface area contributed by atoms with Gasteiger partial charge in [-0.25, -0.2) is 9.82 Å². The lowest BCUT2D eigenvalue weighted by Gasteiger charge is -2.17. The van der Waals surface area contributed by atoms with Crippen LogP contribution in [0, 0.1) is 5.82 Å². The van der Waals surface area contributed by atoms with Crippen LogP contribution in [0.5, 0.6) is 5.75 Å². The number of hydrogen-bond acceptors (Lipinski definition) is 7. The van der Waals surface area contributed by atoms with Gasteiger partial charge in [-0.05, 0) is 41.8 Å². The highest BCUT2D eigenvalue weighted by atomic mass is 19.1. The molecule has 0 atom stereocenters. The number of halogens is 1. The molecular formula is C32H31FN6O4. The number of pyridine rings is 1. The number of carbonyl (C=O) groups excluding carboxylic acids is 2. The molecule has 0 saturated carbocycles. The number of hydrazine groups is 1. The fourth-order valence-electron chi connectivity index (χ4n) is 5.05. The summed E-state index contributed by atoms with van der Waals surface area (Å²) < 4.78 is 25.1. The Kier molecular flexibility index (Phi) is 8.01. The maximum atomic E-state index is 15.9. The molecule has 1 saturated heterocycles. The Labute approximate surface area is 247 Å². The van der Waals surface area contributed by atoms with Crippen molar-refractivity contribution in [2.45, 2.75) is 26.6 Å². The number of aromatic nitrogens is 3. The van der Waals surface area contributed by atoms with Gasteiger partial charge in [-0.2, -0.15) is 5.10 Å². The van der Waals surface area contributed by atoms with E-state index >= 15 is 4.39 Å². The SMILES string of the molecule is CC(=O)c1cc(C(=O)Nc2cc(CON3CCCN3)cc(-c3cnn(C)c3)c2F)c2cc(OCc3ccccc3)ccn12. The van der Waals surface area contributed by atoms with Crippen LogP contribution in [0.2, 0.25) is 0 Å². The minimum Gasteiger partial charge on any atom is -0.489 e. The van der Waals surface area contributed by atoms with Gasteiger partial charge in [0.05, 0.1) is 35.3 Å². The molecule has 1 amide bonds. The lowest BCUT2D eigenvalue weighted by molar-refractivity contribution is -0.186. The van der Waals surface area contributed by atoms with E-state index in [2.05, 4.69) is 15.8 Å². The largest absolute Gasteiger partial charge is 0.489 e. The van der Waals surface area contributed by atoms with Crippen LogP contribution in [0.25, 0.3) is 16.6 Å². The highest BCUT2D eigenvalue weighted by Gasteiger charge is 2.22. The molecule has 4 heterocycles. The molecule has 1 aliphatic heterocycles. The number of rotatable bonds is 10. The molecule has 0 bridgehead atoms. The summed E-state index contributed by atoms with van der Waals surface area (Å²) in [6, 6.07) is 17.9. The van der Waals surface area contributed by atoms with E-state index in [0.29, 0.717) is 34.7 Å². The Hall–Kier alpha value is -4.84. The zero-order chi connectivity index (χ0) is 29.9. The summed E-state index contributed by atoms with van der Waals surface area (Å²) in [5.74, 6) is -0.864. The third kappa shape index (κ3) is 6.19. The van der Waals surface area contributed by atoms with Crippen LogP contribution in [-0.4, -0.2) is 44.1 Å². The number of amides is 1.